The highest BCUT2D eigenvalue weighted by molar-refractivity contribution is 14.1. The zero-order valence-corrected chi connectivity index (χ0v) is 11.0. The summed E-state index contributed by atoms with van der Waals surface area (Å²) in [5.74, 6) is 1.06. The number of halogens is 1. The Hall–Kier alpha value is -0.520. The highest BCUT2D eigenvalue weighted by atomic mass is 127. The summed E-state index contributed by atoms with van der Waals surface area (Å²) in [4.78, 5) is 11.5. The van der Waals surface area contributed by atoms with Gasteiger partial charge in [0.15, 0.2) is 5.76 Å². The van der Waals surface area contributed by atoms with Gasteiger partial charge < -0.3 is 9.73 Å². The van der Waals surface area contributed by atoms with Crippen LogP contribution in [-0.4, -0.2) is 16.9 Å². The molecule has 0 aliphatic heterocycles. The van der Waals surface area contributed by atoms with E-state index in [0.717, 1.165) is 18.7 Å². The van der Waals surface area contributed by atoms with Crippen LogP contribution in [0.5, 0.6) is 0 Å². The van der Waals surface area contributed by atoms with Gasteiger partial charge in [0, 0.05) is 6.54 Å². The molecule has 1 rings (SSSR count). The Labute approximate surface area is 104 Å². The van der Waals surface area contributed by atoms with E-state index in [0.29, 0.717) is 5.76 Å². The Morgan fingerprint density at radius 1 is 1.40 bits per heavy atom. The highest BCUT2D eigenvalue weighted by Crippen LogP contribution is 2.05. The number of hydrogen-bond donors (Lipinski definition) is 1. The summed E-state index contributed by atoms with van der Waals surface area (Å²) >= 11 is 2.36. The monoisotopic (exact) mass is 321 g/mol. The first-order valence-electron chi connectivity index (χ1n) is 5.14. The van der Waals surface area contributed by atoms with Gasteiger partial charge in [0.1, 0.15) is 5.76 Å². The van der Waals surface area contributed by atoms with Crippen LogP contribution in [0.4, 0.5) is 0 Å². The van der Waals surface area contributed by atoms with Gasteiger partial charge >= 0.3 is 0 Å². The molecule has 0 saturated heterocycles. The van der Waals surface area contributed by atoms with Crippen molar-refractivity contribution in [2.75, 3.05) is 11.0 Å². The van der Waals surface area contributed by atoms with Gasteiger partial charge in [0.25, 0.3) is 5.91 Å². The quantitative estimate of drug-likeness (QED) is 0.497. The summed E-state index contributed by atoms with van der Waals surface area (Å²) in [5, 5.41) is 2.84. The number of carbonyl (C=O) groups is 1. The van der Waals surface area contributed by atoms with Crippen LogP contribution in [0.2, 0.25) is 0 Å². The molecule has 1 amide bonds. The highest BCUT2D eigenvalue weighted by Gasteiger charge is 2.08. The lowest BCUT2D eigenvalue weighted by molar-refractivity contribution is 0.0924. The number of unbranched alkanes of at least 4 members (excludes halogenated alkanes) is 2. The van der Waals surface area contributed by atoms with Crippen molar-refractivity contribution in [2.24, 2.45) is 0 Å². The third-order valence-corrected chi connectivity index (χ3v) is 2.82. The molecule has 3 nitrogen and oxygen atoms in total. The minimum atomic E-state index is -0.113. The first-order chi connectivity index (χ1) is 7.24. The van der Waals surface area contributed by atoms with E-state index in [1.807, 2.05) is 6.92 Å². The van der Waals surface area contributed by atoms with Crippen molar-refractivity contribution >= 4 is 28.5 Å². The number of aryl methyl sites for hydroxylation is 1. The number of hydrogen-bond acceptors (Lipinski definition) is 2. The summed E-state index contributed by atoms with van der Waals surface area (Å²) in [6.07, 6.45) is 3.42. The van der Waals surface area contributed by atoms with Gasteiger partial charge in [-0.05, 0) is 36.3 Å². The average molecular weight is 321 g/mol. The normalized spacial score (nSPS) is 10.3. The van der Waals surface area contributed by atoms with Crippen LogP contribution in [0.1, 0.15) is 35.6 Å². The molecular weight excluding hydrogens is 305 g/mol. The SMILES string of the molecule is Cc1ccc(C(=O)NCCCCCI)o1. The van der Waals surface area contributed by atoms with Crippen molar-refractivity contribution in [2.45, 2.75) is 26.2 Å². The Balaban J connectivity index is 2.19. The lowest BCUT2D eigenvalue weighted by atomic mass is 10.2. The van der Waals surface area contributed by atoms with E-state index in [1.54, 1.807) is 12.1 Å². The fraction of sp³-hybridized carbons (Fsp3) is 0.545. The average Bonchev–Trinajstić information content (AvgIpc) is 2.64. The minimum absolute atomic E-state index is 0.113. The second-order valence-electron chi connectivity index (χ2n) is 3.42. The van der Waals surface area contributed by atoms with Crippen LogP contribution in [-0.2, 0) is 0 Å². The molecule has 0 fully saturated rings. The molecule has 0 spiro atoms. The summed E-state index contributed by atoms with van der Waals surface area (Å²) in [7, 11) is 0. The molecule has 1 N–H and O–H groups in total. The third-order valence-electron chi connectivity index (χ3n) is 2.06. The number of alkyl halides is 1. The molecule has 0 aliphatic rings. The van der Waals surface area contributed by atoms with E-state index in [9.17, 15) is 4.79 Å². The number of carbonyl (C=O) groups excluding carboxylic acids is 1. The largest absolute Gasteiger partial charge is 0.456 e. The van der Waals surface area contributed by atoms with E-state index in [-0.39, 0.29) is 5.91 Å². The van der Waals surface area contributed by atoms with E-state index >= 15 is 0 Å². The lowest BCUT2D eigenvalue weighted by Crippen LogP contribution is -2.23. The molecule has 84 valence electrons. The van der Waals surface area contributed by atoms with Gasteiger partial charge in [0.05, 0.1) is 0 Å². The Morgan fingerprint density at radius 3 is 2.80 bits per heavy atom. The lowest BCUT2D eigenvalue weighted by Gasteiger charge is -2.01. The maximum atomic E-state index is 11.5. The minimum Gasteiger partial charge on any atom is -0.456 e. The molecule has 4 heteroatoms. The molecule has 15 heavy (non-hydrogen) atoms. The molecule has 0 aromatic carbocycles. The van der Waals surface area contributed by atoms with Crippen LogP contribution >= 0.6 is 22.6 Å². The number of furan rings is 1. The molecule has 0 bridgehead atoms. The van der Waals surface area contributed by atoms with E-state index in [1.165, 1.54) is 17.3 Å². The van der Waals surface area contributed by atoms with Gasteiger partial charge in [0.2, 0.25) is 0 Å². The number of nitrogens with one attached hydrogen (secondary N) is 1. The van der Waals surface area contributed by atoms with Gasteiger partial charge in [-0.25, -0.2) is 0 Å². The van der Waals surface area contributed by atoms with Crippen LogP contribution in [0.3, 0.4) is 0 Å². The second-order valence-corrected chi connectivity index (χ2v) is 4.49. The summed E-state index contributed by atoms with van der Waals surface area (Å²) in [5.41, 5.74) is 0. The van der Waals surface area contributed by atoms with Gasteiger partial charge in [-0.2, -0.15) is 0 Å². The summed E-state index contributed by atoms with van der Waals surface area (Å²) < 4.78 is 6.39. The van der Waals surface area contributed by atoms with Crippen LogP contribution < -0.4 is 5.32 Å². The van der Waals surface area contributed by atoms with E-state index in [4.69, 9.17) is 4.42 Å². The molecule has 1 aromatic rings. The Kier molecular flexibility index (Phi) is 5.75. The zero-order valence-electron chi connectivity index (χ0n) is 8.88. The molecule has 0 unspecified atom stereocenters. The topological polar surface area (TPSA) is 42.2 Å². The maximum absolute atomic E-state index is 11.5. The van der Waals surface area contributed by atoms with E-state index < -0.39 is 0 Å². The summed E-state index contributed by atoms with van der Waals surface area (Å²) in [6, 6.07) is 3.50. The van der Waals surface area contributed by atoms with Crippen LogP contribution in [0, 0.1) is 6.92 Å². The number of amides is 1. The third kappa shape index (κ3) is 4.68. The predicted octanol–water partition coefficient (Wildman–Crippen LogP) is 2.92. The predicted molar refractivity (Wildman–Crippen MR) is 68.5 cm³/mol. The van der Waals surface area contributed by atoms with Crippen LogP contribution in [0.15, 0.2) is 16.5 Å². The molecular formula is C11H16INO2. The Morgan fingerprint density at radius 2 is 2.20 bits per heavy atom. The fourth-order valence-electron chi connectivity index (χ4n) is 1.24. The molecule has 1 heterocycles. The van der Waals surface area contributed by atoms with E-state index in [2.05, 4.69) is 27.9 Å². The second kappa shape index (κ2) is 6.87. The standard InChI is InChI=1S/C11H16INO2/c1-9-5-6-10(15-9)11(14)13-8-4-2-3-7-12/h5-6H,2-4,7-8H2,1H3,(H,13,14). The molecule has 0 aliphatic carbocycles. The Bertz CT molecular complexity index is 309. The van der Waals surface area contributed by atoms with Crippen LogP contribution in [0.25, 0.3) is 0 Å². The van der Waals surface area contributed by atoms with Crippen molar-refractivity contribution in [3.8, 4) is 0 Å². The molecule has 0 atom stereocenters. The molecule has 0 radical (unpaired) electrons. The number of rotatable bonds is 6. The molecule has 0 saturated carbocycles. The van der Waals surface area contributed by atoms with Gasteiger partial charge in [-0.1, -0.05) is 29.0 Å². The van der Waals surface area contributed by atoms with Crippen molar-refractivity contribution in [1.82, 2.24) is 5.32 Å². The fourth-order valence-corrected chi connectivity index (χ4v) is 1.78. The maximum Gasteiger partial charge on any atom is 0.286 e. The van der Waals surface area contributed by atoms with Gasteiger partial charge in [-0.15, -0.1) is 0 Å². The van der Waals surface area contributed by atoms with Gasteiger partial charge in [-0.3, -0.25) is 4.79 Å². The first kappa shape index (κ1) is 12.5. The summed E-state index contributed by atoms with van der Waals surface area (Å²) in [6.45, 7) is 2.56. The van der Waals surface area contributed by atoms with Crippen molar-refractivity contribution in [3.63, 3.8) is 0 Å². The van der Waals surface area contributed by atoms with Crippen molar-refractivity contribution < 1.29 is 9.21 Å². The van der Waals surface area contributed by atoms with Crippen molar-refractivity contribution in [1.29, 1.82) is 0 Å². The van der Waals surface area contributed by atoms with Crippen molar-refractivity contribution in [3.05, 3.63) is 23.7 Å². The zero-order chi connectivity index (χ0) is 11.1. The molecule has 1 aromatic heterocycles. The first-order valence-corrected chi connectivity index (χ1v) is 6.67. The smallest absolute Gasteiger partial charge is 0.286 e.